The second-order valence-corrected chi connectivity index (χ2v) is 7.43. The number of piperidine rings is 1. The van der Waals surface area contributed by atoms with Gasteiger partial charge >= 0.3 is 0 Å². The number of amides is 1. The van der Waals surface area contributed by atoms with Gasteiger partial charge in [0, 0.05) is 25.0 Å². The second kappa shape index (κ2) is 7.98. The average Bonchev–Trinajstić information content (AvgIpc) is 2.73. The topological polar surface area (TPSA) is 65.5 Å². The number of rotatable bonds is 4. The summed E-state index contributed by atoms with van der Waals surface area (Å²) in [5.74, 6) is 0.698. The maximum absolute atomic E-state index is 13.0. The minimum absolute atomic E-state index is 0.0996. The van der Waals surface area contributed by atoms with Crippen molar-refractivity contribution in [2.45, 2.75) is 32.4 Å². The third-order valence-electron chi connectivity index (χ3n) is 5.31. The molecule has 1 aromatic heterocycles. The van der Waals surface area contributed by atoms with Crippen molar-refractivity contribution in [3.8, 4) is 0 Å². The van der Waals surface area contributed by atoms with Gasteiger partial charge in [0.1, 0.15) is 5.82 Å². The molecular weight excluding hydrogens is 350 g/mol. The highest BCUT2D eigenvalue weighted by molar-refractivity contribution is 6.07. The van der Waals surface area contributed by atoms with Gasteiger partial charge in [-0.2, -0.15) is 0 Å². The molecule has 2 heterocycles. The minimum Gasteiger partial charge on any atom is -0.393 e. The predicted molar refractivity (Wildman–Crippen MR) is 112 cm³/mol. The van der Waals surface area contributed by atoms with E-state index in [1.165, 1.54) is 5.56 Å². The first-order valence-corrected chi connectivity index (χ1v) is 9.77. The molecule has 0 saturated carbocycles. The van der Waals surface area contributed by atoms with Gasteiger partial charge in [-0.3, -0.25) is 4.79 Å². The molecule has 1 saturated heterocycles. The van der Waals surface area contributed by atoms with Crippen LogP contribution in [0.2, 0.25) is 0 Å². The first-order chi connectivity index (χ1) is 13.6. The molecule has 1 amide bonds. The number of nitrogens with zero attached hydrogens (tertiary/aromatic N) is 2. The van der Waals surface area contributed by atoms with Gasteiger partial charge in [-0.1, -0.05) is 48.0 Å². The van der Waals surface area contributed by atoms with Gasteiger partial charge in [-0.25, -0.2) is 4.98 Å². The number of hydrogen-bond donors (Lipinski definition) is 2. The van der Waals surface area contributed by atoms with Crippen LogP contribution >= 0.6 is 0 Å². The van der Waals surface area contributed by atoms with Gasteiger partial charge in [-0.05, 0) is 37.5 Å². The molecule has 0 bridgehead atoms. The highest BCUT2D eigenvalue weighted by Crippen LogP contribution is 2.25. The molecule has 5 heteroatoms. The number of pyridine rings is 1. The molecule has 5 nitrogen and oxygen atoms in total. The van der Waals surface area contributed by atoms with E-state index in [0.29, 0.717) is 12.1 Å². The molecule has 3 aromatic rings. The Morgan fingerprint density at radius 1 is 1.14 bits per heavy atom. The van der Waals surface area contributed by atoms with Crippen LogP contribution in [0.4, 0.5) is 5.82 Å². The summed E-state index contributed by atoms with van der Waals surface area (Å²) in [5.41, 5.74) is 3.72. The van der Waals surface area contributed by atoms with Crippen molar-refractivity contribution in [1.82, 2.24) is 10.3 Å². The van der Waals surface area contributed by atoms with E-state index in [-0.39, 0.29) is 12.0 Å². The van der Waals surface area contributed by atoms with Crippen LogP contribution in [-0.4, -0.2) is 35.2 Å². The molecule has 1 aliphatic heterocycles. The van der Waals surface area contributed by atoms with Crippen LogP contribution in [0, 0.1) is 6.92 Å². The zero-order valence-corrected chi connectivity index (χ0v) is 16.1. The SMILES string of the molecule is Cc1ccc(CNC(=O)c2cc(N3CCC(O)CC3)nc3ccccc23)cc1. The summed E-state index contributed by atoms with van der Waals surface area (Å²) < 4.78 is 0. The van der Waals surface area contributed by atoms with Gasteiger partial charge in [0.05, 0.1) is 17.2 Å². The zero-order chi connectivity index (χ0) is 19.5. The fraction of sp³-hybridized carbons (Fsp3) is 0.304. The van der Waals surface area contributed by atoms with E-state index in [1.54, 1.807) is 0 Å². The molecule has 0 unspecified atom stereocenters. The van der Waals surface area contributed by atoms with E-state index in [4.69, 9.17) is 4.98 Å². The third kappa shape index (κ3) is 3.99. The fourth-order valence-electron chi connectivity index (χ4n) is 3.59. The molecule has 0 spiro atoms. The van der Waals surface area contributed by atoms with Gasteiger partial charge in [0.25, 0.3) is 5.91 Å². The standard InChI is InChI=1S/C23H25N3O2/c1-16-6-8-17(9-7-16)15-24-23(28)20-14-22(26-12-10-18(27)11-13-26)25-21-5-3-2-4-19(20)21/h2-9,14,18,27H,10-13,15H2,1H3,(H,24,28). The van der Waals surface area contributed by atoms with Crippen molar-refractivity contribution < 1.29 is 9.90 Å². The van der Waals surface area contributed by atoms with E-state index in [2.05, 4.69) is 10.2 Å². The Morgan fingerprint density at radius 3 is 2.61 bits per heavy atom. The minimum atomic E-state index is -0.242. The van der Waals surface area contributed by atoms with Crippen molar-refractivity contribution in [1.29, 1.82) is 0 Å². The normalized spacial score (nSPS) is 15.0. The Kier molecular flexibility index (Phi) is 5.26. The molecule has 1 aliphatic rings. The summed E-state index contributed by atoms with van der Waals surface area (Å²) in [6.07, 6.45) is 1.21. The lowest BCUT2D eigenvalue weighted by Crippen LogP contribution is -2.36. The van der Waals surface area contributed by atoms with Crippen LogP contribution in [0.3, 0.4) is 0 Å². The van der Waals surface area contributed by atoms with Crippen molar-refractivity contribution >= 4 is 22.6 Å². The van der Waals surface area contributed by atoms with Gasteiger partial charge in [-0.15, -0.1) is 0 Å². The van der Waals surface area contributed by atoms with E-state index < -0.39 is 0 Å². The molecule has 4 rings (SSSR count). The molecule has 2 N–H and O–H groups in total. The molecule has 1 fully saturated rings. The summed E-state index contributed by atoms with van der Waals surface area (Å²) in [4.78, 5) is 19.9. The van der Waals surface area contributed by atoms with Crippen LogP contribution in [-0.2, 0) is 6.54 Å². The zero-order valence-electron chi connectivity index (χ0n) is 16.1. The largest absolute Gasteiger partial charge is 0.393 e. The third-order valence-corrected chi connectivity index (χ3v) is 5.31. The first kappa shape index (κ1) is 18.4. The molecular formula is C23H25N3O2. The maximum Gasteiger partial charge on any atom is 0.252 e. The molecule has 28 heavy (non-hydrogen) atoms. The summed E-state index contributed by atoms with van der Waals surface area (Å²) in [5, 5.41) is 13.7. The molecule has 2 aromatic carbocycles. The summed E-state index contributed by atoms with van der Waals surface area (Å²) in [6, 6.07) is 17.8. The number of carbonyl (C=O) groups is 1. The van der Waals surface area contributed by atoms with Crippen LogP contribution in [0.15, 0.2) is 54.6 Å². The Morgan fingerprint density at radius 2 is 1.86 bits per heavy atom. The number of fused-ring (bicyclic) bond motifs is 1. The number of benzene rings is 2. The smallest absolute Gasteiger partial charge is 0.252 e. The van der Waals surface area contributed by atoms with E-state index in [9.17, 15) is 9.90 Å². The summed E-state index contributed by atoms with van der Waals surface area (Å²) >= 11 is 0. The maximum atomic E-state index is 13.0. The number of hydrogen-bond acceptors (Lipinski definition) is 4. The Balaban J connectivity index is 1.60. The van der Waals surface area contributed by atoms with Crippen molar-refractivity contribution in [2.75, 3.05) is 18.0 Å². The summed E-state index contributed by atoms with van der Waals surface area (Å²) in [7, 11) is 0. The number of carbonyl (C=O) groups excluding carboxylic acids is 1. The van der Waals surface area contributed by atoms with Crippen LogP contribution in [0.1, 0.15) is 34.3 Å². The van der Waals surface area contributed by atoms with Crippen molar-refractivity contribution in [2.24, 2.45) is 0 Å². The number of aliphatic hydroxyl groups is 1. The highest BCUT2D eigenvalue weighted by Gasteiger charge is 2.21. The van der Waals surface area contributed by atoms with Crippen LogP contribution < -0.4 is 10.2 Å². The predicted octanol–water partition coefficient (Wildman–Crippen LogP) is 3.43. The molecule has 144 valence electrons. The summed E-state index contributed by atoms with van der Waals surface area (Å²) in [6.45, 7) is 4.03. The average molecular weight is 375 g/mol. The molecule has 0 aliphatic carbocycles. The van der Waals surface area contributed by atoms with E-state index >= 15 is 0 Å². The number of nitrogens with one attached hydrogen (secondary N) is 1. The highest BCUT2D eigenvalue weighted by atomic mass is 16.3. The number of para-hydroxylation sites is 1. The van der Waals surface area contributed by atoms with Crippen molar-refractivity contribution in [3.05, 3.63) is 71.3 Å². The molecule has 0 radical (unpaired) electrons. The van der Waals surface area contributed by atoms with Gasteiger partial charge in [0.15, 0.2) is 0 Å². The molecule has 0 atom stereocenters. The number of aliphatic hydroxyl groups excluding tert-OH is 1. The lowest BCUT2D eigenvalue weighted by atomic mass is 10.1. The van der Waals surface area contributed by atoms with Crippen LogP contribution in [0.5, 0.6) is 0 Å². The van der Waals surface area contributed by atoms with Crippen LogP contribution in [0.25, 0.3) is 10.9 Å². The Hall–Kier alpha value is -2.92. The Bertz CT molecular complexity index is 977. The second-order valence-electron chi connectivity index (χ2n) is 7.43. The number of aromatic nitrogens is 1. The monoisotopic (exact) mass is 375 g/mol. The lowest BCUT2D eigenvalue weighted by molar-refractivity contribution is 0.0952. The van der Waals surface area contributed by atoms with Crippen molar-refractivity contribution in [3.63, 3.8) is 0 Å². The van der Waals surface area contributed by atoms with E-state index in [0.717, 1.165) is 48.2 Å². The first-order valence-electron chi connectivity index (χ1n) is 9.77. The van der Waals surface area contributed by atoms with Gasteiger partial charge in [0.2, 0.25) is 0 Å². The fourth-order valence-corrected chi connectivity index (χ4v) is 3.59. The Labute approximate surface area is 165 Å². The number of anilines is 1. The van der Waals surface area contributed by atoms with E-state index in [1.807, 2.05) is 61.5 Å². The lowest BCUT2D eigenvalue weighted by Gasteiger charge is -2.31. The number of aryl methyl sites for hydroxylation is 1. The quantitative estimate of drug-likeness (QED) is 0.733. The van der Waals surface area contributed by atoms with Gasteiger partial charge < -0.3 is 15.3 Å².